The number of ether oxygens (including phenoxy) is 5. The van der Waals surface area contributed by atoms with Gasteiger partial charge in [-0.1, -0.05) is 6.07 Å². The summed E-state index contributed by atoms with van der Waals surface area (Å²) in [5.74, 6) is 2.62. The first-order valence-corrected chi connectivity index (χ1v) is 14.6. The van der Waals surface area contributed by atoms with Crippen molar-refractivity contribution in [1.29, 1.82) is 0 Å². The molecule has 0 spiro atoms. The van der Waals surface area contributed by atoms with Gasteiger partial charge < -0.3 is 38.3 Å². The van der Waals surface area contributed by atoms with Crippen LogP contribution in [0.3, 0.4) is 0 Å². The summed E-state index contributed by atoms with van der Waals surface area (Å²) in [5, 5.41) is 15.7. The highest BCUT2D eigenvalue weighted by atomic mass is 16.7. The van der Waals surface area contributed by atoms with E-state index >= 15 is 0 Å². The Labute approximate surface area is 259 Å². The maximum atomic E-state index is 14.1. The highest BCUT2D eigenvalue weighted by Gasteiger charge is 2.35. The molecule has 45 heavy (non-hydrogen) atoms. The number of nitrogens with one attached hydrogen (secondary N) is 1. The molecule has 1 N–H and O–H groups in total. The maximum Gasteiger partial charge on any atom is 0.250 e. The minimum absolute atomic E-state index is 0.0600. The van der Waals surface area contributed by atoms with Gasteiger partial charge >= 0.3 is 0 Å². The second kappa shape index (κ2) is 13.3. The monoisotopic (exact) mass is 618 g/mol. The highest BCUT2D eigenvalue weighted by molar-refractivity contribution is 5.88. The molecule has 0 radical (unpaired) electrons. The molecule has 6 rings (SSSR count). The van der Waals surface area contributed by atoms with Crippen LogP contribution < -0.4 is 24.3 Å². The molecule has 2 aliphatic rings. The number of methoxy groups -OCH3 is 2. The SMILES string of the molecule is COc1ccc(-c2nnn(CC(=O)N(Cc3ccc4c(c3)OCO4)C(C(=O)NCC3CCCO3)c3ccc(C)o3)n2)cc1OC. The third-order valence-electron chi connectivity index (χ3n) is 7.60. The van der Waals surface area contributed by atoms with Crippen molar-refractivity contribution in [3.05, 3.63) is 65.6 Å². The van der Waals surface area contributed by atoms with Gasteiger partial charge in [0.25, 0.3) is 5.91 Å². The summed E-state index contributed by atoms with van der Waals surface area (Å²) < 4.78 is 33.3. The summed E-state index contributed by atoms with van der Waals surface area (Å²) in [6, 6.07) is 13.0. The lowest BCUT2D eigenvalue weighted by Gasteiger charge is -2.30. The minimum atomic E-state index is -1.09. The smallest absolute Gasteiger partial charge is 0.250 e. The number of furan rings is 1. The first kappa shape index (κ1) is 29.9. The number of rotatable bonds is 12. The van der Waals surface area contributed by atoms with Crippen molar-refractivity contribution in [2.24, 2.45) is 0 Å². The zero-order valence-electron chi connectivity index (χ0n) is 25.2. The quantitative estimate of drug-likeness (QED) is 0.249. The van der Waals surface area contributed by atoms with E-state index in [9.17, 15) is 9.59 Å². The Bertz CT molecular complexity index is 1660. The number of fused-ring (bicyclic) bond motifs is 1. The van der Waals surface area contributed by atoms with Crippen molar-refractivity contribution in [2.45, 2.75) is 45.0 Å². The van der Waals surface area contributed by atoms with E-state index in [0.717, 1.165) is 18.4 Å². The molecule has 2 amide bonds. The van der Waals surface area contributed by atoms with Gasteiger partial charge in [0, 0.05) is 25.3 Å². The van der Waals surface area contributed by atoms with Crippen LogP contribution >= 0.6 is 0 Å². The van der Waals surface area contributed by atoms with Crippen molar-refractivity contribution in [1.82, 2.24) is 30.4 Å². The second-order valence-electron chi connectivity index (χ2n) is 10.7. The van der Waals surface area contributed by atoms with Crippen molar-refractivity contribution in [3.8, 4) is 34.4 Å². The summed E-state index contributed by atoms with van der Waals surface area (Å²) in [5.41, 5.74) is 1.35. The molecular weight excluding hydrogens is 584 g/mol. The number of aryl methyl sites for hydroxylation is 1. The number of carbonyl (C=O) groups excluding carboxylic acids is 2. The van der Waals surface area contributed by atoms with Gasteiger partial charge in [0.15, 0.2) is 29.0 Å². The molecule has 14 heteroatoms. The molecule has 2 aromatic heterocycles. The fourth-order valence-electron chi connectivity index (χ4n) is 5.31. The van der Waals surface area contributed by atoms with E-state index in [2.05, 4.69) is 20.7 Å². The Kier molecular flexibility index (Phi) is 8.82. The molecule has 2 aliphatic heterocycles. The lowest BCUT2D eigenvalue weighted by Crippen LogP contribution is -2.46. The molecule has 2 unspecified atom stereocenters. The van der Waals surface area contributed by atoms with Crippen LogP contribution in [-0.2, 0) is 27.4 Å². The van der Waals surface area contributed by atoms with Crippen LogP contribution in [0.5, 0.6) is 23.0 Å². The third kappa shape index (κ3) is 6.70. The largest absolute Gasteiger partial charge is 0.493 e. The molecule has 14 nitrogen and oxygen atoms in total. The molecule has 1 fully saturated rings. The van der Waals surface area contributed by atoms with Gasteiger partial charge in [-0.05, 0) is 73.0 Å². The van der Waals surface area contributed by atoms with Crippen LogP contribution in [-0.4, -0.2) is 77.2 Å². The maximum absolute atomic E-state index is 14.1. The zero-order valence-corrected chi connectivity index (χ0v) is 25.2. The first-order valence-electron chi connectivity index (χ1n) is 14.6. The second-order valence-corrected chi connectivity index (χ2v) is 10.7. The normalized spacial score (nSPS) is 15.9. The fraction of sp³-hybridized carbons (Fsp3) is 0.387. The van der Waals surface area contributed by atoms with E-state index in [1.54, 1.807) is 56.5 Å². The fourth-order valence-corrected chi connectivity index (χ4v) is 5.31. The molecule has 236 valence electrons. The minimum Gasteiger partial charge on any atom is -0.493 e. The molecule has 0 aliphatic carbocycles. The summed E-state index contributed by atoms with van der Waals surface area (Å²) in [6.07, 6.45) is 1.71. The predicted octanol–water partition coefficient (Wildman–Crippen LogP) is 3.05. The number of hydrogen-bond acceptors (Lipinski definition) is 11. The van der Waals surface area contributed by atoms with Crippen molar-refractivity contribution < 1.29 is 37.7 Å². The number of hydrogen-bond donors (Lipinski definition) is 1. The Hall–Kier alpha value is -5.11. The highest BCUT2D eigenvalue weighted by Crippen LogP contribution is 2.34. The molecule has 2 atom stereocenters. The van der Waals surface area contributed by atoms with Crippen molar-refractivity contribution in [2.75, 3.05) is 34.2 Å². The Morgan fingerprint density at radius 2 is 1.91 bits per heavy atom. The number of tetrazole rings is 1. The summed E-state index contributed by atoms with van der Waals surface area (Å²) in [7, 11) is 3.08. The average molecular weight is 619 g/mol. The molecule has 2 aromatic carbocycles. The Morgan fingerprint density at radius 3 is 2.67 bits per heavy atom. The van der Waals surface area contributed by atoms with Gasteiger partial charge in [-0.15, -0.1) is 10.2 Å². The van der Waals surface area contributed by atoms with E-state index in [-0.39, 0.29) is 26.0 Å². The van der Waals surface area contributed by atoms with Crippen LogP contribution in [0.1, 0.15) is 36.0 Å². The number of carbonyl (C=O) groups is 2. The molecule has 1 saturated heterocycles. The van der Waals surface area contributed by atoms with Crippen LogP contribution in [0, 0.1) is 6.92 Å². The van der Waals surface area contributed by atoms with E-state index in [0.29, 0.717) is 59.1 Å². The summed E-state index contributed by atoms with van der Waals surface area (Å²) in [4.78, 5) is 30.6. The van der Waals surface area contributed by atoms with Crippen molar-refractivity contribution >= 4 is 11.8 Å². The lowest BCUT2D eigenvalue weighted by atomic mass is 10.1. The van der Waals surface area contributed by atoms with Crippen LogP contribution in [0.2, 0.25) is 0 Å². The number of amides is 2. The average Bonchev–Trinajstić information content (AvgIpc) is 3.88. The van der Waals surface area contributed by atoms with Gasteiger partial charge in [-0.25, -0.2) is 0 Å². The summed E-state index contributed by atoms with van der Waals surface area (Å²) in [6.45, 7) is 2.64. The summed E-state index contributed by atoms with van der Waals surface area (Å²) >= 11 is 0. The third-order valence-corrected chi connectivity index (χ3v) is 7.60. The van der Waals surface area contributed by atoms with Crippen LogP contribution in [0.15, 0.2) is 52.9 Å². The number of benzene rings is 2. The molecule has 4 heterocycles. The van der Waals surface area contributed by atoms with E-state index < -0.39 is 17.9 Å². The molecule has 0 saturated carbocycles. The van der Waals surface area contributed by atoms with Gasteiger partial charge in [0.1, 0.15) is 18.1 Å². The van der Waals surface area contributed by atoms with Crippen LogP contribution in [0.4, 0.5) is 0 Å². The standard InChI is InChI=1S/C31H34N6O8/c1-19-6-9-25(45-19)29(31(39)32-15-22-5-4-12-42-22)36(16-20-7-10-24-27(13-20)44-18-43-24)28(38)17-37-34-30(33-35-37)21-8-11-23(40-2)26(14-21)41-3/h6-11,13-14,22,29H,4-5,12,15-18H2,1-3H3,(H,32,39). The van der Waals surface area contributed by atoms with E-state index in [1.807, 2.05) is 6.07 Å². The van der Waals surface area contributed by atoms with E-state index in [1.165, 1.54) is 16.8 Å². The Morgan fingerprint density at radius 1 is 1.07 bits per heavy atom. The number of nitrogens with zero attached hydrogens (tertiary/aromatic N) is 5. The topological polar surface area (TPSA) is 152 Å². The molecule has 0 bridgehead atoms. The van der Waals surface area contributed by atoms with Crippen LogP contribution in [0.25, 0.3) is 11.4 Å². The zero-order chi connectivity index (χ0) is 31.3. The van der Waals surface area contributed by atoms with Gasteiger partial charge in [-0.3, -0.25) is 9.59 Å². The van der Waals surface area contributed by atoms with Gasteiger partial charge in [0.2, 0.25) is 18.5 Å². The van der Waals surface area contributed by atoms with Gasteiger partial charge in [-0.2, -0.15) is 4.80 Å². The predicted molar refractivity (Wildman–Crippen MR) is 158 cm³/mol. The Balaban J connectivity index is 1.29. The lowest BCUT2D eigenvalue weighted by molar-refractivity contribution is -0.143. The molecular formula is C31H34N6O8. The first-order chi connectivity index (χ1) is 21.9. The van der Waals surface area contributed by atoms with Gasteiger partial charge in [0.05, 0.1) is 20.3 Å². The van der Waals surface area contributed by atoms with E-state index in [4.69, 9.17) is 28.1 Å². The van der Waals surface area contributed by atoms with Crippen molar-refractivity contribution in [3.63, 3.8) is 0 Å². The molecule has 4 aromatic rings. The number of aromatic nitrogens is 4.